The first kappa shape index (κ1) is 18.2. The van der Waals surface area contributed by atoms with Gasteiger partial charge in [-0.1, -0.05) is 18.2 Å². The van der Waals surface area contributed by atoms with Crippen molar-refractivity contribution in [1.82, 2.24) is 19.6 Å². The van der Waals surface area contributed by atoms with E-state index in [0.717, 1.165) is 30.8 Å². The van der Waals surface area contributed by atoms with Gasteiger partial charge in [0.15, 0.2) is 5.65 Å². The van der Waals surface area contributed by atoms with Crippen LogP contribution in [0.3, 0.4) is 0 Å². The Morgan fingerprint density at radius 1 is 1.17 bits per heavy atom. The third-order valence-corrected chi connectivity index (χ3v) is 5.28. The minimum absolute atomic E-state index is 0.0871. The molecule has 1 aliphatic heterocycles. The largest absolute Gasteiger partial charge is 0.382 e. The lowest BCUT2D eigenvalue weighted by Crippen LogP contribution is -2.23. The maximum atomic E-state index is 13.8. The fraction of sp³-hybridized carbons (Fsp3) is 0.182. The number of pyridine rings is 1. The molecule has 1 atom stereocenters. The summed E-state index contributed by atoms with van der Waals surface area (Å²) in [6.45, 7) is 0.854. The Morgan fingerprint density at radius 2 is 2.10 bits per heavy atom. The van der Waals surface area contributed by atoms with E-state index >= 15 is 0 Å². The molecular weight excluding hydrogens is 381 g/mol. The molecule has 1 aliphatic rings. The van der Waals surface area contributed by atoms with Gasteiger partial charge < -0.3 is 10.6 Å². The van der Waals surface area contributed by atoms with Gasteiger partial charge in [0.25, 0.3) is 0 Å². The number of amidine groups is 1. The number of hydrogen-bond donors (Lipinski definition) is 1. The molecule has 0 radical (unpaired) electrons. The van der Waals surface area contributed by atoms with Gasteiger partial charge in [0.2, 0.25) is 0 Å². The molecule has 5 rings (SSSR count). The first-order valence-corrected chi connectivity index (χ1v) is 9.81. The zero-order chi connectivity index (χ0) is 20.5. The summed E-state index contributed by atoms with van der Waals surface area (Å²) in [4.78, 5) is 15.7. The van der Waals surface area contributed by atoms with Crippen LogP contribution < -0.4 is 10.6 Å². The molecule has 1 saturated heterocycles. The molecule has 0 aliphatic carbocycles. The number of benzene rings is 1. The number of halogens is 1. The Morgan fingerprint density at radius 3 is 2.93 bits per heavy atom. The van der Waals surface area contributed by atoms with Crippen molar-refractivity contribution in [2.24, 2.45) is 10.7 Å². The normalized spacial score (nSPS) is 17.0. The number of nitrogens with two attached hydrogens (primary N) is 1. The number of anilines is 1. The summed E-state index contributed by atoms with van der Waals surface area (Å²) in [6, 6.07) is 14.3. The van der Waals surface area contributed by atoms with E-state index in [0.29, 0.717) is 22.9 Å². The van der Waals surface area contributed by atoms with Crippen LogP contribution in [0.5, 0.6) is 0 Å². The second-order valence-corrected chi connectivity index (χ2v) is 7.20. The average Bonchev–Trinajstić information content (AvgIpc) is 3.41. The van der Waals surface area contributed by atoms with Crippen LogP contribution in [-0.4, -0.2) is 32.0 Å². The van der Waals surface area contributed by atoms with Gasteiger partial charge in [-0.15, -0.1) is 0 Å². The minimum Gasteiger partial charge on any atom is -0.382 e. The van der Waals surface area contributed by atoms with Gasteiger partial charge in [0.1, 0.15) is 28.9 Å². The number of rotatable bonds is 4. The molecule has 0 saturated carbocycles. The first-order chi connectivity index (χ1) is 14.7. The quantitative estimate of drug-likeness (QED) is 0.417. The summed E-state index contributed by atoms with van der Waals surface area (Å²) < 4.78 is 15.4. The lowest BCUT2D eigenvalue weighted by atomic mass is 10.0. The van der Waals surface area contributed by atoms with Gasteiger partial charge in [-0.05, 0) is 48.7 Å². The number of hydrogen-bond acceptors (Lipinski definition) is 5. The highest BCUT2D eigenvalue weighted by molar-refractivity contribution is 5.98. The number of fused-ring (bicyclic) bond motifs is 1. The van der Waals surface area contributed by atoms with E-state index in [4.69, 9.17) is 10.7 Å². The molecule has 1 aromatic carbocycles. The smallest absolute Gasteiger partial charge is 0.183 e. The van der Waals surface area contributed by atoms with Gasteiger partial charge >= 0.3 is 0 Å². The van der Waals surface area contributed by atoms with Crippen LogP contribution in [0.15, 0.2) is 72.1 Å². The van der Waals surface area contributed by atoms with Crippen molar-refractivity contribution in [2.75, 3.05) is 11.4 Å². The Labute approximate surface area is 172 Å². The molecule has 4 heterocycles. The summed E-state index contributed by atoms with van der Waals surface area (Å²) in [5, 5.41) is 4.32. The monoisotopic (exact) mass is 401 g/mol. The fourth-order valence-electron chi connectivity index (χ4n) is 3.89. The van der Waals surface area contributed by atoms with E-state index in [1.54, 1.807) is 35.1 Å². The van der Waals surface area contributed by atoms with Crippen LogP contribution in [0.25, 0.3) is 5.65 Å². The predicted molar refractivity (Wildman–Crippen MR) is 113 cm³/mol. The van der Waals surface area contributed by atoms with E-state index in [2.05, 4.69) is 20.0 Å². The van der Waals surface area contributed by atoms with E-state index in [1.807, 2.05) is 30.5 Å². The molecule has 0 spiro atoms. The maximum absolute atomic E-state index is 13.8. The number of aromatic nitrogens is 4. The molecule has 7 nitrogen and oxygen atoms in total. The summed E-state index contributed by atoms with van der Waals surface area (Å²) in [5.74, 6) is 0.888. The van der Waals surface area contributed by atoms with Crippen molar-refractivity contribution in [2.45, 2.75) is 18.9 Å². The molecule has 3 aromatic heterocycles. The first-order valence-electron chi connectivity index (χ1n) is 9.81. The van der Waals surface area contributed by atoms with E-state index in [1.165, 1.54) is 6.07 Å². The molecule has 30 heavy (non-hydrogen) atoms. The highest BCUT2D eigenvalue weighted by Gasteiger charge is 2.27. The van der Waals surface area contributed by atoms with Crippen molar-refractivity contribution in [3.05, 3.63) is 84.2 Å². The Kier molecular flexibility index (Phi) is 4.59. The van der Waals surface area contributed by atoms with Gasteiger partial charge in [0, 0.05) is 18.9 Å². The summed E-state index contributed by atoms with van der Waals surface area (Å²) in [7, 11) is 0. The summed E-state index contributed by atoms with van der Waals surface area (Å²) >= 11 is 0. The SMILES string of the molecule is NC(=Nc1cnn2ccc(N3CCC[C@@H]3c3cccc(F)c3)nc12)c1ccccn1. The van der Waals surface area contributed by atoms with Crippen molar-refractivity contribution in [3.8, 4) is 0 Å². The van der Waals surface area contributed by atoms with Crippen LogP contribution in [0.2, 0.25) is 0 Å². The molecule has 0 unspecified atom stereocenters. The van der Waals surface area contributed by atoms with E-state index in [-0.39, 0.29) is 11.9 Å². The Bertz CT molecular complexity index is 1220. The number of nitrogens with zero attached hydrogens (tertiary/aromatic N) is 6. The Balaban J connectivity index is 1.51. The Hall–Kier alpha value is -3.81. The zero-order valence-electron chi connectivity index (χ0n) is 16.2. The molecule has 1 fully saturated rings. The molecular formula is C22H20FN7. The van der Waals surface area contributed by atoms with Crippen molar-refractivity contribution in [1.29, 1.82) is 0 Å². The third-order valence-electron chi connectivity index (χ3n) is 5.28. The van der Waals surface area contributed by atoms with Crippen LogP contribution in [0, 0.1) is 5.82 Å². The second-order valence-electron chi connectivity index (χ2n) is 7.20. The highest BCUT2D eigenvalue weighted by Crippen LogP contribution is 2.36. The second kappa shape index (κ2) is 7.55. The van der Waals surface area contributed by atoms with Crippen molar-refractivity contribution >= 4 is 23.0 Å². The summed E-state index contributed by atoms with van der Waals surface area (Å²) in [5.41, 5.74) is 8.86. The highest BCUT2D eigenvalue weighted by atomic mass is 19.1. The molecule has 2 N–H and O–H groups in total. The molecule has 150 valence electrons. The lowest BCUT2D eigenvalue weighted by Gasteiger charge is -2.26. The van der Waals surface area contributed by atoms with Crippen LogP contribution in [0.1, 0.15) is 30.1 Å². The molecule has 8 heteroatoms. The predicted octanol–water partition coefficient (Wildman–Crippen LogP) is 3.64. The van der Waals surface area contributed by atoms with Gasteiger partial charge in [-0.25, -0.2) is 18.9 Å². The van der Waals surface area contributed by atoms with Crippen LogP contribution in [-0.2, 0) is 0 Å². The standard InChI is InChI=1S/C22H20FN7/c23-16-6-3-5-15(13-16)19-8-4-11-29(19)20-9-12-30-22(28-20)18(14-26-30)27-21(24)17-7-1-2-10-25-17/h1-3,5-7,9-10,12-14,19H,4,8,11H2,(H2,24,27)/t19-/m1/s1. The van der Waals surface area contributed by atoms with Crippen LogP contribution >= 0.6 is 0 Å². The van der Waals surface area contributed by atoms with Crippen LogP contribution in [0.4, 0.5) is 15.9 Å². The minimum atomic E-state index is -0.222. The van der Waals surface area contributed by atoms with E-state index < -0.39 is 0 Å². The van der Waals surface area contributed by atoms with Crippen molar-refractivity contribution < 1.29 is 4.39 Å². The van der Waals surface area contributed by atoms with E-state index in [9.17, 15) is 4.39 Å². The number of aliphatic imine (C=N–C) groups is 1. The zero-order valence-corrected chi connectivity index (χ0v) is 16.2. The van der Waals surface area contributed by atoms with Crippen molar-refractivity contribution in [3.63, 3.8) is 0 Å². The molecule has 0 bridgehead atoms. The van der Waals surface area contributed by atoms with Gasteiger partial charge in [-0.2, -0.15) is 5.10 Å². The average molecular weight is 401 g/mol. The summed E-state index contributed by atoms with van der Waals surface area (Å²) in [6.07, 6.45) is 7.13. The molecule has 4 aromatic rings. The lowest BCUT2D eigenvalue weighted by molar-refractivity contribution is 0.618. The fourth-order valence-corrected chi connectivity index (χ4v) is 3.89. The molecule has 0 amide bonds. The topological polar surface area (TPSA) is 84.7 Å². The third kappa shape index (κ3) is 3.36. The van der Waals surface area contributed by atoms with Gasteiger partial charge in [0.05, 0.1) is 12.2 Å². The van der Waals surface area contributed by atoms with Gasteiger partial charge in [-0.3, -0.25) is 4.98 Å². The maximum Gasteiger partial charge on any atom is 0.183 e.